The van der Waals surface area contributed by atoms with Crippen LogP contribution in [0, 0.1) is 6.92 Å². The molecule has 0 aliphatic carbocycles. The van der Waals surface area contributed by atoms with E-state index in [-0.39, 0.29) is 0 Å². The Kier molecular flexibility index (Phi) is 3.60. The molecule has 3 heterocycles. The Labute approximate surface area is 119 Å². The number of anilines is 2. The summed E-state index contributed by atoms with van der Waals surface area (Å²) in [5.74, 6) is 2.41. The third kappa shape index (κ3) is 2.77. The summed E-state index contributed by atoms with van der Waals surface area (Å²) in [7, 11) is 2.15. The van der Waals surface area contributed by atoms with Crippen LogP contribution < -0.4 is 5.32 Å². The number of nitrogens with one attached hydrogen (secondary N) is 1. The second-order valence-corrected chi connectivity index (χ2v) is 5.20. The molecule has 0 aromatic carbocycles. The Hall–Kier alpha value is -2.01. The quantitative estimate of drug-likeness (QED) is 0.928. The van der Waals surface area contributed by atoms with Crippen LogP contribution in [0.15, 0.2) is 30.5 Å². The number of hydrogen-bond donors (Lipinski definition) is 1. The maximum atomic E-state index is 4.59. The molecule has 1 saturated heterocycles. The standard InChI is InChI=1S/C15H19N5/c1-11-17-12(13-6-5-9-20(13)2)10-15(18-11)19-14-7-3-4-8-16-14/h3-4,7-8,10,13H,5-6,9H2,1-2H3,(H,16,17,18,19)/t13-/m0/s1. The average molecular weight is 269 g/mol. The first kappa shape index (κ1) is 13.0. The highest BCUT2D eigenvalue weighted by molar-refractivity contribution is 5.51. The Morgan fingerprint density at radius 1 is 1.25 bits per heavy atom. The number of rotatable bonds is 3. The summed E-state index contributed by atoms with van der Waals surface area (Å²) in [5.41, 5.74) is 1.09. The number of pyridine rings is 1. The summed E-state index contributed by atoms with van der Waals surface area (Å²) in [6.45, 7) is 3.07. The minimum Gasteiger partial charge on any atom is -0.325 e. The molecule has 0 amide bonds. The third-order valence-electron chi connectivity index (χ3n) is 3.64. The molecule has 104 valence electrons. The van der Waals surface area contributed by atoms with Gasteiger partial charge in [-0.05, 0) is 45.5 Å². The largest absolute Gasteiger partial charge is 0.325 e. The number of nitrogens with zero attached hydrogens (tertiary/aromatic N) is 4. The van der Waals surface area contributed by atoms with Crippen LogP contribution in [0.5, 0.6) is 0 Å². The van der Waals surface area contributed by atoms with Gasteiger partial charge in [-0.3, -0.25) is 4.90 Å². The lowest BCUT2D eigenvalue weighted by Gasteiger charge is -2.19. The minimum atomic E-state index is 0.404. The monoisotopic (exact) mass is 269 g/mol. The second kappa shape index (κ2) is 5.54. The van der Waals surface area contributed by atoms with Crippen molar-refractivity contribution in [1.82, 2.24) is 19.9 Å². The lowest BCUT2D eigenvalue weighted by atomic mass is 10.1. The summed E-state index contributed by atoms with van der Waals surface area (Å²) in [6, 6.07) is 8.22. The van der Waals surface area contributed by atoms with Gasteiger partial charge in [0.15, 0.2) is 0 Å². The summed E-state index contributed by atoms with van der Waals surface area (Å²) >= 11 is 0. The van der Waals surface area contributed by atoms with Crippen LogP contribution in [0.2, 0.25) is 0 Å². The van der Waals surface area contributed by atoms with Crippen molar-refractivity contribution in [2.75, 3.05) is 18.9 Å². The fourth-order valence-electron chi connectivity index (χ4n) is 2.68. The number of aromatic nitrogens is 3. The van der Waals surface area contributed by atoms with E-state index in [0.29, 0.717) is 6.04 Å². The van der Waals surface area contributed by atoms with Crippen LogP contribution in [-0.2, 0) is 0 Å². The van der Waals surface area contributed by atoms with E-state index in [1.54, 1.807) is 6.20 Å². The topological polar surface area (TPSA) is 53.9 Å². The number of aryl methyl sites for hydroxylation is 1. The third-order valence-corrected chi connectivity index (χ3v) is 3.64. The lowest BCUT2D eigenvalue weighted by molar-refractivity contribution is 0.311. The van der Waals surface area contributed by atoms with E-state index in [2.05, 4.69) is 32.2 Å². The molecular formula is C15H19N5. The van der Waals surface area contributed by atoms with E-state index < -0.39 is 0 Å². The van der Waals surface area contributed by atoms with Crippen molar-refractivity contribution in [3.63, 3.8) is 0 Å². The molecule has 1 atom stereocenters. The molecule has 3 rings (SSSR count). The van der Waals surface area contributed by atoms with Crippen molar-refractivity contribution < 1.29 is 0 Å². The first-order chi connectivity index (χ1) is 9.72. The first-order valence-corrected chi connectivity index (χ1v) is 6.96. The first-order valence-electron chi connectivity index (χ1n) is 6.96. The number of hydrogen-bond acceptors (Lipinski definition) is 5. The molecule has 1 aliphatic heterocycles. The van der Waals surface area contributed by atoms with Gasteiger partial charge in [-0.25, -0.2) is 15.0 Å². The van der Waals surface area contributed by atoms with Gasteiger partial charge in [0, 0.05) is 12.3 Å². The zero-order chi connectivity index (χ0) is 13.9. The molecule has 1 aliphatic rings. The normalized spacial score (nSPS) is 19.2. The van der Waals surface area contributed by atoms with Crippen LogP contribution >= 0.6 is 0 Å². The van der Waals surface area contributed by atoms with Crippen molar-refractivity contribution in [1.29, 1.82) is 0 Å². The highest BCUT2D eigenvalue weighted by atomic mass is 15.2. The fourth-order valence-corrected chi connectivity index (χ4v) is 2.68. The summed E-state index contributed by atoms with van der Waals surface area (Å²) < 4.78 is 0. The minimum absolute atomic E-state index is 0.404. The van der Waals surface area contributed by atoms with E-state index in [4.69, 9.17) is 0 Å². The van der Waals surface area contributed by atoms with Crippen molar-refractivity contribution in [3.05, 3.63) is 42.0 Å². The van der Waals surface area contributed by atoms with E-state index in [0.717, 1.165) is 36.1 Å². The van der Waals surface area contributed by atoms with Gasteiger partial charge in [0.05, 0.1) is 11.7 Å². The molecule has 2 aromatic heterocycles. The van der Waals surface area contributed by atoms with Gasteiger partial charge >= 0.3 is 0 Å². The second-order valence-electron chi connectivity index (χ2n) is 5.20. The maximum absolute atomic E-state index is 4.59. The van der Waals surface area contributed by atoms with Gasteiger partial charge in [0.25, 0.3) is 0 Å². The van der Waals surface area contributed by atoms with E-state index in [9.17, 15) is 0 Å². The van der Waals surface area contributed by atoms with E-state index in [1.165, 1.54) is 6.42 Å². The number of likely N-dealkylation sites (tertiary alicyclic amines) is 1. The highest BCUT2D eigenvalue weighted by Gasteiger charge is 2.24. The SMILES string of the molecule is Cc1nc(Nc2ccccn2)cc([C@@H]2CCCN2C)n1. The van der Waals surface area contributed by atoms with Gasteiger partial charge in [0.2, 0.25) is 0 Å². The van der Waals surface area contributed by atoms with Crippen LogP contribution in [0.25, 0.3) is 0 Å². The van der Waals surface area contributed by atoms with Crippen molar-refractivity contribution >= 4 is 11.6 Å². The predicted molar refractivity (Wildman–Crippen MR) is 78.9 cm³/mol. The zero-order valence-electron chi connectivity index (χ0n) is 11.9. The van der Waals surface area contributed by atoms with Crippen LogP contribution in [-0.4, -0.2) is 33.4 Å². The molecule has 1 fully saturated rings. The Morgan fingerprint density at radius 3 is 2.85 bits per heavy atom. The molecule has 0 spiro atoms. The van der Waals surface area contributed by atoms with Crippen LogP contribution in [0.4, 0.5) is 11.6 Å². The molecule has 20 heavy (non-hydrogen) atoms. The van der Waals surface area contributed by atoms with E-state index >= 15 is 0 Å². The van der Waals surface area contributed by atoms with Crippen LogP contribution in [0.1, 0.15) is 30.4 Å². The lowest BCUT2D eigenvalue weighted by Crippen LogP contribution is -2.19. The smallest absolute Gasteiger partial charge is 0.135 e. The van der Waals surface area contributed by atoms with Gasteiger partial charge in [-0.1, -0.05) is 6.07 Å². The molecule has 0 bridgehead atoms. The zero-order valence-corrected chi connectivity index (χ0v) is 11.9. The molecule has 2 aromatic rings. The highest BCUT2D eigenvalue weighted by Crippen LogP contribution is 2.30. The van der Waals surface area contributed by atoms with Gasteiger partial charge < -0.3 is 5.32 Å². The Morgan fingerprint density at radius 2 is 2.15 bits per heavy atom. The van der Waals surface area contributed by atoms with Gasteiger partial charge in [-0.2, -0.15) is 0 Å². The Balaban J connectivity index is 1.87. The fraction of sp³-hybridized carbons (Fsp3) is 0.400. The molecule has 5 nitrogen and oxygen atoms in total. The van der Waals surface area contributed by atoms with Gasteiger partial charge in [-0.15, -0.1) is 0 Å². The Bertz CT molecular complexity index is 584. The van der Waals surface area contributed by atoms with E-state index in [1.807, 2.05) is 31.2 Å². The van der Waals surface area contributed by atoms with Crippen molar-refractivity contribution in [2.24, 2.45) is 0 Å². The summed E-state index contributed by atoms with van der Waals surface area (Å²) in [6.07, 6.45) is 4.16. The molecule has 5 heteroatoms. The molecule has 0 unspecified atom stereocenters. The van der Waals surface area contributed by atoms with Crippen LogP contribution in [0.3, 0.4) is 0 Å². The van der Waals surface area contributed by atoms with Crippen molar-refractivity contribution in [3.8, 4) is 0 Å². The molecule has 0 saturated carbocycles. The summed E-state index contributed by atoms with van der Waals surface area (Å²) in [4.78, 5) is 15.7. The van der Waals surface area contributed by atoms with Crippen molar-refractivity contribution in [2.45, 2.75) is 25.8 Å². The molecule has 1 N–H and O–H groups in total. The average Bonchev–Trinajstić information content (AvgIpc) is 2.85. The molecule has 0 radical (unpaired) electrons. The summed E-state index contributed by atoms with van der Waals surface area (Å²) in [5, 5.41) is 3.24. The maximum Gasteiger partial charge on any atom is 0.135 e. The predicted octanol–water partition coefficient (Wildman–Crippen LogP) is 2.69. The van der Waals surface area contributed by atoms with Gasteiger partial charge in [0.1, 0.15) is 17.5 Å². The molecular weight excluding hydrogens is 250 g/mol.